The third-order valence-corrected chi connectivity index (χ3v) is 6.44. The van der Waals surface area contributed by atoms with E-state index in [9.17, 15) is 4.79 Å². The quantitative estimate of drug-likeness (QED) is 0.686. The minimum absolute atomic E-state index is 0.105. The van der Waals surface area contributed by atoms with Crippen LogP contribution in [0.4, 0.5) is 6.01 Å². The van der Waals surface area contributed by atoms with E-state index in [1.54, 1.807) is 6.33 Å². The molecule has 3 aromatic rings. The first kappa shape index (κ1) is 16.0. The Labute approximate surface area is 162 Å². The summed E-state index contributed by atoms with van der Waals surface area (Å²) in [5.74, 6) is 0.196. The summed E-state index contributed by atoms with van der Waals surface area (Å²) in [6.07, 6.45) is 8.16. The first-order valence-corrected chi connectivity index (χ1v) is 10.0. The lowest BCUT2D eigenvalue weighted by molar-refractivity contribution is -0.136. The molecule has 0 saturated carbocycles. The SMILES string of the molecule is O=C(C1CCCN1c1nc2ccccc2o1)N1C2CCC1c1cncnc1C2. The summed E-state index contributed by atoms with van der Waals surface area (Å²) < 4.78 is 5.97. The second kappa shape index (κ2) is 6.02. The highest BCUT2D eigenvalue weighted by Gasteiger charge is 2.47. The fourth-order valence-corrected chi connectivity index (χ4v) is 5.17. The van der Waals surface area contributed by atoms with Gasteiger partial charge < -0.3 is 14.2 Å². The molecule has 1 amide bonds. The van der Waals surface area contributed by atoms with Gasteiger partial charge in [-0.15, -0.1) is 0 Å². The molecule has 0 aliphatic carbocycles. The minimum atomic E-state index is -0.206. The van der Waals surface area contributed by atoms with Crippen molar-refractivity contribution in [1.82, 2.24) is 19.9 Å². The fourth-order valence-electron chi connectivity index (χ4n) is 5.17. The Morgan fingerprint density at radius 1 is 1.18 bits per heavy atom. The molecule has 2 fully saturated rings. The highest BCUT2D eigenvalue weighted by atomic mass is 16.4. The van der Waals surface area contributed by atoms with Crippen molar-refractivity contribution in [2.24, 2.45) is 0 Å². The Kier molecular flexibility index (Phi) is 3.45. The van der Waals surface area contributed by atoms with Crippen molar-refractivity contribution in [2.75, 3.05) is 11.4 Å². The fraction of sp³-hybridized carbons (Fsp3) is 0.429. The molecule has 2 saturated heterocycles. The molecule has 0 spiro atoms. The van der Waals surface area contributed by atoms with Gasteiger partial charge in [-0.2, -0.15) is 4.98 Å². The Hall–Kier alpha value is -2.96. The number of para-hydroxylation sites is 2. The summed E-state index contributed by atoms with van der Waals surface area (Å²) in [5.41, 5.74) is 3.82. The van der Waals surface area contributed by atoms with Crippen LogP contribution in [0.1, 0.15) is 43.0 Å². The average molecular weight is 375 g/mol. The number of carbonyl (C=O) groups excluding carboxylic acids is 1. The smallest absolute Gasteiger partial charge is 0.299 e. The van der Waals surface area contributed by atoms with E-state index >= 15 is 0 Å². The highest BCUT2D eigenvalue weighted by molar-refractivity contribution is 5.87. The van der Waals surface area contributed by atoms with Crippen LogP contribution in [0.15, 0.2) is 41.2 Å². The van der Waals surface area contributed by atoms with Gasteiger partial charge in [0.15, 0.2) is 5.58 Å². The van der Waals surface area contributed by atoms with Crippen LogP contribution in [0.3, 0.4) is 0 Å². The number of benzene rings is 1. The van der Waals surface area contributed by atoms with E-state index in [4.69, 9.17) is 4.42 Å². The molecular weight excluding hydrogens is 354 g/mol. The Morgan fingerprint density at radius 3 is 3.04 bits per heavy atom. The lowest BCUT2D eigenvalue weighted by Crippen LogP contribution is -2.50. The van der Waals surface area contributed by atoms with Crippen LogP contribution in [0.2, 0.25) is 0 Å². The van der Waals surface area contributed by atoms with Crippen molar-refractivity contribution in [1.29, 1.82) is 0 Å². The van der Waals surface area contributed by atoms with E-state index in [-0.39, 0.29) is 24.0 Å². The van der Waals surface area contributed by atoms with Gasteiger partial charge in [0.1, 0.15) is 17.9 Å². The molecule has 2 bridgehead atoms. The predicted molar refractivity (Wildman–Crippen MR) is 103 cm³/mol. The Bertz CT molecular complexity index is 1030. The predicted octanol–water partition coefficient (Wildman–Crippen LogP) is 2.88. The van der Waals surface area contributed by atoms with Crippen molar-refractivity contribution in [3.8, 4) is 0 Å². The zero-order chi connectivity index (χ0) is 18.7. The molecule has 0 radical (unpaired) electrons. The van der Waals surface area contributed by atoms with E-state index in [0.717, 1.165) is 61.0 Å². The molecule has 0 N–H and O–H groups in total. The molecule has 142 valence electrons. The van der Waals surface area contributed by atoms with Gasteiger partial charge in [-0.25, -0.2) is 9.97 Å². The molecule has 5 heterocycles. The van der Waals surface area contributed by atoms with E-state index < -0.39 is 0 Å². The third kappa shape index (κ3) is 2.28. The van der Waals surface area contributed by atoms with Gasteiger partial charge in [-0.1, -0.05) is 12.1 Å². The van der Waals surface area contributed by atoms with E-state index in [1.807, 2.05) is 30.5 Å². The van der Waals surface area contributed by atoms with Crippen LogP contribution >= 0.6 is 0 Å². The van der Waals surface area contributed by atoms with Crippen LogP contribution < -0.4 is 4.90 Å². The molecule has 28 heavy (non-hydrogen) atoms. The molecule has 3 aliphatic rings. The summed E-state index contributed by atoms with van der Waals surface area (Å²) in [7, 11) is 0. The van der Waals surface area contributed by atoms with Gasteiger partial charge in [0, 0.05) is 30.8 Å². The molecular formula is C21H21N5O2. The Balaban J connectivity index is 1.32. The number of carbonyl (C=O) groups is 1. The maximum atomic E-state index is 13.6. The summed E-state index contributed by atoms with van der Waals surface area (Å²) in [5, 5.41) is 0. The van der Waals surface area contributed by atoms with Crippen LogP contribution in [-0.2, 0) is 11.2 Å². The van der Waals surface area contributed by atoms with Gasteiger partial charge in [-0.05, 0) is 37.8 Å². The van der Waals surface area contributed by atoms with Gasteiger partial charge in [-0.3, -0.25) is 4.79 Å². The second-order valence-electron chi connectivity index (χ2n) is 7.94. The zero-order valence-electron chi connectivity index (χ0n) is 15.5. The number of fused-ring (bicyclic) bond motifs is 5. The number of oxazole rings is 1. The largest absolute Gasteiger partial charge is 0.423 e. The number of amides is 1. The molecule has 7 heteroatoms. The lowest BCUT2D eigenvalue weighted by Gasteiger charge is -2.38. The standard InChI is InChI=1S/C21H21N5O2/c27-20(26-13-7-8-17(26)14-11-22-12-23-16(14)10-13)18-5-3-9-25(18)21-24-15-4-1-2-6-19(15)28-21/h1-2,4,6,11-13,17-18H,3,5,7-10H2. The first-order valence-electron chi connectivity index (χ1n) is 10.0. The highest BCUT2D eigenvalue weighted by Crippen LogP contribution is 2.44. The van der Waals surface area contributed by atoms with E-state index in [1.165, 1.54) is 0 Å². The van der Waals surface area contributed by atoms with Crippen LogP contribution in [-0.4, -0.2) is 44.4 Å². The van der Waals surface area contributed by atoms with E-state index in [0.29, 0.717) is 6.01 Å². The minimum Gasteiger partial charge on any atom is -0.423 e. The monoisotopic (exact) mass is 375 g/mol. The van der Waals surface area contributed by atoms with Crippen LogP contribution in [0.25, 0.3) is 11.1 Å². The van der Waals surface area contributed by atoms with Crippen molar-refractivity contribution in [3.05, 3.63) is 48.0 Å². The topological polar surface area (TPSA) is 75.4 Å². The second-order valence-corrected chi connectivity index (χ2v) is 7.94. The number of nitrogens with zero attached hydrogens (tertiary/aromatic N) is 5. The number of aromatic nitrogens is 3. The normalized spacial score (nSPS) is 26.1. The van der Waals surface area contributed by atoms with Crippen molar-refractivity contribution < 1.29 is 9.21 Å². The number of anilines is 1. The summed E-state index contributed by atoms with van der Waals surface area (Å²) in [4.78, 5) is 31.1. The molecule has 6 rings (SSSR count). The van der Waals surface area contributed by atoms with Gasteiger partial charge >= 0.3 is 0 Å². The number of hydrogen-bond acceptors (Lipinski definition) is 6. The van der Waals surface area contributed by atoms with Crippen molar-refractivity contribution >= 4 is 23.0 Å². The maximum absolute atomic E-state index is 13.6. The average Bonchev–Trinajstić information content (AvgIpc) is 3.43. The maximum Gasteiger partial charge on any atom is 0.299 e. The van der Waals surface area contributed by atoms with Crippen LogP contribution in [0.5, 0.6) is 0 Å². The molecule has 1 aromatic carbocycles. The third-order valence-electron chi connectivity index (χ3n) is 6.44. The Morgan fingerprint density at radius 2 is 2.11 bits per heavy atom. The summed E-state index contributed by atoms with van der Waals surface area (Å²) in [6, 6.07) is 8.45. The lowest BCUT2D eigenvalue weighted by atomic mass is 9.98. The van der Waals surface area contributed by atoms with Crippen molar-refractivity contribution in [2.45, 2.75) is 50.2 Å². The first-order chi connectivity index (χ1) is 13.8. The van der Waals surface area contributed by atoms with Crippen molar-refractivity contribution in [3.63, 3.8) is 0 Å². The zero-order valence-corrected chi connectivity index (χ0v) is 15.5. The number of hydrogen-bond donors (Lipinski definition) is 0. The molecule has 3 aliphatic heterocycles. The van der Waals surface area contributed by atoms with Gasteiger partial charge in [0.05, 0.1) is 11.7 Å². The molecule has 3 unspecified atom stereocenters. The van der Waals surface area contributed by atoms with Gasteiger partial charge in [0.25, 0.3) is 6.01 Å². The summed E-state index contributed by atoms with van der Waals surface area (Å²) in [6.45, 7) is 0.798. The van der Waals surface area contributed by atoms with Crippen LogP contribution in [0, 0.1) is 0 Å². The molecule has 3 atom stereocenters. The number of rotatable bonds is 2. The molecule has 2 aromatic heterocycles. The van der Waals surface area contributed by atoms with E-state index in [2.05, 4.69) is 24.8 Å². The summed E-state index contributed by atoms with van der Waals surface area (Å²) >= 11 is 0. The molecule has 7 nitrogen and oxygen atoms in total. The van der Waals surface area contributed by atoms with Gasteiger partial charge in [0.2, 0.25) is 5.91 Å².